The van der Waals surface area contributed by atoms with Crippen molar-refractivity contribution in [3.63, 3.8) is 0 Å². The van der Waals surface area contributed by atoms with Gasteiger partial charge in [-0.3, -0.25) is 9.78 Å². The lowest BCUT2D eigenvalue weighted by atomic mass is 10.1. The topological polar surface area (TPSA) is 67.5 Å². The van der Waals surface area contributed by atoms with Gasteiger partial charge in [-0.1, -0.05) is 36.4 Å². The van der Waals surface area contributed by atoms with Crippen molar-refractivity contribution < 1.29 is 9.21 Å². The van der Waals surface area contributed by atoms with Gasteiger partial charge in [-0.05, 0) is 24.3 Å². The maximum atomic E-state index is 11.9. The molecule has 0 aliphatic carbocycles. The number of hydrogen-bond donors (Lipinski definition) is 1. The van der Waals surface area contributed by atoms with Gasteiger partial charge in [0.2, 0.25) is 0 Å². The second-order valence-corrected chi connectivity index (χ2v) is 4.46. The predicted molar refractivity (Wildman–Crippen MR) is 82.5 cm³/mol. The molecular weight excluding hydrogens is 278 g/mol. The number of nitrogens with zero attached hydrogens (tertiary/aromatic N) is 2. The van der Waals surface area contributed by atoms with Crippen molar-refractivity contribution in [3.8, 4) is 0 Å². The van der Waals surface area contributed by atoms with Gasteiger partial charge in [0, 0.05) is 11.8 Å². The van der Waals surface area contributed by atoms with Crippen molar-refractivity contribution in [1.29, 1.82) is 0 Å². The van der Waals surface area contributed by atoms with Crippen LogP contribution in [0.2, 0.25) is 0 Å². The number of pyridine rings is 1. The third-order valence-electron chi connectivity index (χ3n) is 2.97. The molecule has 0 fully saturated rings. The summed E-state index contributed by atoms with van der Waals surface area (Å²) in [6.45, 7) is 0. The van der Waals surface area contributed by atoms with E-state index >= 15 is 0 Å². The van der Waals surface area contributed by atoms with Crippen LogP contribution in [0.25, 0.3) is 0 Å². The number of aromatic nitrogens is 1. The monoisotopic (exact) mass is 291 g/mol. The van der Waals surface area contributed by atoms with Gasteiger partial charge in [0.15, 0.2) is 5.76 Å². The number of carbonyl (C=O) groups excluding carboxylic acids is 1. The minimum atomic E-state index is -0.408. The van der Waals surface area contributed by atoms with E-state index in [9.17, 15) is 4.79 Å². The first kappa shape index (κ1) is 13.8. The largest absolute Gasteiger partial charge is 0.459 e. The predicted octanol–water partition coefficient (Wildman–Crippen LogP) is 2.86. The van der Waals surface area contributed by atoms with E-state index in [0.29, 0.717) is 11.4 Å². The van der Waals surface area contributed by atoms with E-state index in [2.05, 4.69) is 15.5 Å². The maximum Gasteiger partial charge on any atom is 0.307 e. The molecule has 2 aromatic heterocycles. The number of rotatable bonds is 4. The Kier molecular flexibility index (Phi) is 4.06. The van der Waals surface area contributed by atoms with Crippen LogP contribution < -0.4 is 5.43 Å². The summed E-state index contributed by atoms with van der Waals surface area (Å²) in [5, 5.41) is 4.21. The summed E-state index contributed by atoms with van der Waals surface area (Å²) in [5.41, 5.74) is 4.62. The van der Waals surface area contributed by atoms with Crippen molar-refractivity contribution >= 4 is 11.6 Å². The first-order valence-corrected chi connectivity index (χ1v) is 6.73. The minimum absolute atomic E-state index is 0.206. The number of carbonyl (C=O) groups is 1. The zero-order valence-corrected chi connectivity index (χ0v) is 11.6. The molecule has 0 saturated heterocycles. The molecule has 108 valence electrons. The maximum absolute atomic E-state index is 11.9. The summed E-state index contributed by atoms with van der Waals surface area (Å²) < 4.78 is 5.04. The molecule has 2 heterocycles. The van der Waals surface area contributed by atoms with Crippen molar-refractivity contribution in [3.05, 3.63) is 90.1 Å². The molecule has 0 radical (unpaired) electrons. The Balaban J connectivity index is 1.92. The Labute approximate surface area is 127 Å². The minimum Gasteiger partial charge on any atom is -0.459 e. The molecule has 0 unspecified atom stereocenters. The fourth-order valence-corrected chi connectivity index (χ4v) is 1.94. The standard InChI is InChI=1S/C17H13N3O2/c21-17(15-10-6-12-22-15)20-19-16(13-7-2-1-3-8-13)14-9-4-5-11-18-14/h1-12H,(H,20,21)/b19-16+. The van der Waals surface area contributed by atoms with Gasteiger partial charge in [0.25, 0.3) is 0 Å². The molecule has 0 aliphatic heterocycles. The molecular formula is C17H13N3O2. The normalized spacial score (nSPS) is 11.2. The van der Waals surface area contributed by atoms with Crippen LogP contribution in [0.3, 0.4) is 0 Å². The van der Waals surface area contributed by atoms with E-state index in [4.69, 9.17) is 4.42 Å². The summed E-state index contributed by atoms with van der Waals surface area (Å²) >= 11 is 0. The van der Waals surface area contributed by atoms with Crippen molar-refractivity contribution in [2.24, 2.45) is 5.10 Å². The lowest BCUT2D eigenvalue weighted by molar-refractivity contribution is 0.0927. The van der Waals surface area contributed by atoms with Gasteiger partial charge < -0.3 is 4.42 Å². The van der Waals surface area contributed by atoms with Gasteiger partial charge in [0.05, 0.1) is 12.0 Å². The summed E-state index contributed by atoms with van der Waals surface area (Å²) in [6, 6.07) is 18.3. The van der Waals surface area contributed by atoms with E-state index < -0.39 is 5.91 Å². The Morgan fingerprint density at radius 1 is 1.00 bits per heavy atom. The van der Waals surface area contributed by atoms with E-state index in [1.807, 2.05) is 48.5 Å². The highest BCUT2D eigenvalue weighted by atomic mass is 16.3. The summed E-state index contributed by atoms with van der Waals surface area (Å²) in [7, 11) is 0. The lowest BCUT2D eigenvalue weighted by Crippen LogP contribution is -2.20. The zero-order valence-electron chi connectivity index (χ0n) is 11.6. The Morgan fingerprint density at radius 2 is 1.82 bits per heavy atom. The van der Waals surface area contributed by atoms with Crippen molar-refractivity contribution in [1.82, 2.24) is 10.4 Å². The van der Waals surface area contributed by atoms with E-state index in [1.165, 1.54) is 6.26 Å². The van der Waals surface area contributed by atoms with Crippen LogP contribution in [0.15, 0.2) is 82.6 Å². The van der Waals surface area contributed by atoms with E-state index in [0.717, 1.165) is 5.56 Å². The quantitative estimate of drug-likeness (QED) is 0.593. The molecule has 22 heavy (non-hydrogen) atoms. The molecule has 0 aliphatic rings. The molecule has 3 aromatic rings. The highest BCUT2D eigenvalue weighted by molar-refractivity contribution is 6.12. The zero-order chi connectivity index (χ0) is 15.2. The molecule has 0 atom stereocenters. The molecule has 5 nitrogen and oxygen atoms in total. The van der Waals surface area contributed by atoms with E-state index in [-0.39, 0.29) is 5.76 Å². The van der Waals surface area contributed by atoms with Crippen LogP contribution in [-0.2, 0) is 0 Å². The molecule has 1 aromatic carbocycles. The Bertz CT molecular complexity index is 725. The van der Waals surface area contributed by atoms with Crippen molar-refractivity contribution in [2.45, 2.75) is 0 Å². The molecule has 3 rings (SSSR count). The summed E-state index contributed by atoms with van der Waals surface area (Å²) in [6.07, 6.45) is 3.12. The Hall–Kier alpha value is -3.21. The average Bonchev–Trinajstić information content (AvgIpc) is 3.11. The Morgan fingerprint density at radius 3 is 2.50 bits per heavy atom. The molecule has 0 saturated carbocycles. The number of nitrogens with one attached hydrogen (secondary N) is 1. The number of amides is 1. The number of hydrogen-bond acceptors (Lipinski definition) is 4. The van der Waals surface area contributed by atoms with Crippen LogP contribution in [0.4, 0.5) is 0 Å². The average molecular weight is 291 g/mol. The molecule has 5 heteroatoms. The second kappa shape index (κ2) is 6.49. The van der Waals surface area contributed by atoms with Crippen LogP contribution in [-0.4, -0.2) is 16.6 Å². The van der Waals surface area contributed by atoms with Crippen LogP contribution >= 0.6 is 0 Å². The van der Waals surface area contributed by atoms with Gasteiger partial charge >= 0.3 is 5.91 Å². The lowest BCUT2D eigenvalue weighted by Gasteiger charge is -2.06. The van der Waals surface area contributed by atoms with Gasteiger partial charge in [-0.2, -0.15) is 5.10 Å². The van der Waals surface area contributed by atoms with Gasteiger partial charge in [-0.15, -0.1) is 0 Å². The molecule has 1 amide bonds. The molecule has 0 bridgehead atoms. The van der Waals surface area contributed by atoms with E-state index in [1.54, 1.807) is 18.3 Å². The van der Waals surface area contributed by atoms with Gasteiger partial charge in [-0.25, -0.2) is 5.43 Å². The molecule has 1 N–H and O–H groups in total. The third kappa shape index (κ3) is 3.09. The summed E-state index contributed by atoms with van der Waals surface area (Å²) in [5.74, 6) is -0.202. The van der Waals surface area contributed by atoms with Crippen LogP contribution in [0.1, 0.15) is 21.8 Å². The number of furan rings is 1. The third-order valence-corrected chi connectivity index (χ3v) is 2.97. The fraction of sp³-hybridized carbons (Fsp3) is 0. The smallest absolute Gasteiger partial charge is 0.307 e. The fourth-order valence-electron chi connectivity index (χ4n) is 1.94. The highest BCUT2D eigenvalue weighted by Crippen LogP contribution is 2.08. The van der Waals surface area contributed by atoms with Crippen molar-refractivity contribution in [2.75, 3.05) is 0 Å². The second-order valence-electron chi connectivity index (χ2n) is 4.46. The summed E-state index contributed by atoms with van der Waals surface area (Å²) in [4.78, 5) is 16.2. The number of benzene rings is 1. The van der Waals surface area contributed by atoms with Gasteiger partial charge in [0.1, 0.15) is 5.71 Å². The first-order chi connectivity index (χ1) is 10.8. The van der Waals surface area contributed by atoms with Crippen LogP contribution in [0.5, 0.6) is 0 Å². The SMILES string of the molecule is O=C(N/N=C(\c1ccccc1)c1ccccn1)c1ccco1. The van der Waals surface area contributed by atoms with Crippen LogP contribution in [0, 0.1) is 0 Å². The molecule has 0 spiro atoms. The number of hydrazone groups is 1. The first-order valence-electron chi connectivity index (χ1n) is 6.73. The highest BCUT2D eigenvalue weighted by Gasteiger charge is 2.11.